The number of β-amino-alcohol motifs (C(OH)–C–C–N with tert-alkyl or cyclic N) is 1. The summed E-state index contributed by atoms with van der Waals surface area (Å²) in [5, 5.41) is 13.6. The molecule has 0 aliphatic carbocycles. The maximum Gasteiger partial charge on any atom is 0.119 e. The van der Waals surface area contributed by atoms with Crippen molar-refractivity contribution >= 4 is 0 Å². The lowest BCUT2D eigenvalue weighted by molar-refractivity contribution is 0.0988. The van der Waals surface area contributed by atoms with Crippen molar-refractivity contribution in [2.24, 2.45) is 0 Å². The SMILES string of the molecule is COc1ccc(CC(C)(C)NCC(O)COc2ccc(OC)cc2)cc1. The van der Waals surface area contributed by atoms with Gasteiger partial charge in [-0.3, -0.25) is 0 Å². The largest absolute Gasteiger partial charge is 0.497 e. The van der Waals surface area contributed by atoms with Crippen molar-refractivity contribution in [3.63, 3.8) is 0 Å². The van der Waals surface area contributed by atoms with Crippen molar-refractivity contribution in [1.29, 1.82) is 0 Å². The molecule has 1 unspecified atom stereocenters. The second kappa shape index (κ2) is 9.46. The zero-order valence-electron chi connectivity index (χ0n) is 16.0. The fourth-order valence-corrected chi connectivity index (χ4v) is 2.63. The van der Waals surface area contributed by atoms with Crippen LogP contribution in [0.15, 0.2) is 48.5 Å². The second-order valence-electron chi connectivity index (χ2n) is 6.93. The molecule has 0 saturated heterocycles. The van der Waals surface area contributed by atoms with E-state index in [0.29, 0.717) is 12.3 Å². The Morgan fingerprint density at radius 2 is 1.38 bits per heavy atom. The van der Waals surface area contributed by atoms with E-state index in [2.05, 4.69) is 31.3 Å². The van der Waals surface area contributed by atoms with E-state index >= 15 is 0 Å². The minimum Gasteiger partial charge on any atom is -0.497 e. The van der Waals surface area contributed by atoms with Crippen LogP contribution < -0.4 is 19.5 Å². The number of ether oxygens (including phenoxy) is 3. The molecule has 142 valence electrons. The number of aliphatic hydroxyl groups is 1. The summed E-state index contributed by atoms with van der Waals surface area (Å²) in [6.07, 6.45) is 0.260. The number of benzene rings is 2. The molecule has 0 spiro atoms. The van der Waals surface area contributed by atoms with E-state index in [1.165, 1.54) is 5.56 Å². The Kier molecular flexibility index (Phi) is 7.30. The predicted octanol–water partition coefficient (Wildman–Crippen LogP) is 3.05. The highest BCUT2D eigenvalue weighted by Gasteiger charge is 2.19. The summed E-state index contributed by atoms with van der Waals surface area (Å²) in [6, 6.07) is 15.4. The first-order valence-electron chi connectivity index (χ1n) is 8.75. The van der Waals surface area contributed by atoms with E-state index in [1.807, 2.05) is 36.4 Å². The molecule has 2 aromatic carbocycles. The Morgan fingerprint density at radius 3 is 1.92 bits per heavy atom. The highest BCUT2D eigenvalue weighted by Crippen LogP contribution is 2.18. The molecule has 26 heavy (non-hydrogen) atoms. The van der Waals surface area contributed by atoms with E-state index in [0.717, 1.165) is 17.9 Å². The lowest BCUT2D eigenvalue weighted by Gasteiger charge is -2.28. The van der Waals surface area contributed by atoms with Crippen LogP contribution in [0.4, 0.5) is 0 Å². The molecule has 0 aliphatic heterocycles. The van der Waals surface area contributed by atoms with Crippen LogP contribution >= 0.6 is 0 Å². The zero-order chi connectivity index (χ0) is 19.0. The van der Waals surface area contributed by atoms with Gasteiger partial charge in [-0.1, -0.05) is 12.1 Å². The molecule has 5 nitrogen and oxygen atoms in total. The number of hydrogen-bond donors (Lipinski definition) is 2. The van der Waals surface area contributed by atoms with Gasteiger partial charge in [-0.25, -0.2) is 0 Å². The molecule has 0 fully saturated rings. The van der Waals surface area contributed by atoms with Crippen molar-refractivity contribution in [3.05, 3.63) is 54.1 Å². The molecule has 0 aliphatic rings. The maximum atomic E-state index is 10.2. The Bertz CT molecular complexity index is 653. The van der Waals surface area contributed by atoms with Crippen LogP contribution in [0.25, 0.3) is 0 Å². The van der Waals surface area contributed by atoms with Gasteiger partial charge < -0.3 is 24.6 Å². The summed E-state index contributed by atoms with van der Waals surface area (Å²) in [6.45, 7) is 4.93. The predicted molar refractivity (Wildman–Crippen MR) is 103 cm³/mol. The van der Waals surface area contributed by atoms with Crippen LogP contribution in [0.2, 0.25) is 0 Å². The first kappa shape index (κ1) is 20.1. The Morgan fingerprint density at radius 1 is 0.885 bits per heavy atom. The summed E-state index contributed by atoms with van der Waals surface area (Å²) in [4.78, 5) is 0. The molecular weight excluding hydrogens is 330 g/mol. The van der Waals surface area contributed by atoms with E-state index in [9.17, 15) is 5.11 Å². The minimum absolute atomic E-state index is 0.143. The van der Waals surface area contributed by atoms with Crippen molar-refractivity contribution in [1.82, 2.24) is 5.32 Å². The quantitative estimate of drug-likeness (QED) is 0.683. The Hall–Kier alpha value is -2.24. The molecular formula is C21H29NO4. The summed E-state index contributed by atoms with van der Waals surface area (Å²) in [5.41, 5.74) is 1.07. The van der Waals surface area contributed by atoms with Crippen molar-refractivity contribution < 1.29 is 19.3 Å². The molecule has 0 aromatic heterocycles. The van der Waals surface area contributed by atoms with Gasteiger partial charge in [0.25, 0.3) is 0 Å². The molecule has 5 heteroatoms. The minimum atomic E-state index is -0.591. The van der Waals surface area contributed by atoms with Gasteiger partial charge in [0.1, 0.15) is 30.0 Å². The standard InChI is InChI=1S/C21H29NO4/c1-21(2,13-16-5-7-18(24-3)8-6-16)22-14-17(23)15-26-20-11-9-19(25-4)10-12-20/h5-12,17,22-23H,13-15H2,1-4H3. The summed E-state index contributed by atoms with van der Waals surface area (Å²) < 4.78 is 15.9. The van der Waals surface area contributed by atoms with Gasteiger partial charge >= 0.3 is 0 Å². The van der Waals surface area contributed by atoms with Crippen LogP contribution in [-0.4, -0.2) is 44.1 Å². The molecule has 1 atom stereocenters. The summed E-state index contributed by atoms with van der Waals surface area (Å²) >= 11 is 0. The van der Waals surface area contributed by atoms with Gasteiger partial charge in [0.2, 0.25) is 0 Å². The lowest BCUT2D eigenvalue weighted by Crippen LogP contribution is -2.46. The molecule has 2 aromatic rings. The van der Waals surface area contributed by atoms with Crippen molar-refractivity contribution in [2.45, 2.75) is 31.9 Å². The third-order valence-electron chi connectivity index (χ3n) is 4.12. The fourth-order valence-electron chi connectivity index (χ4n) is 2.63. The van der Waals surface area contributed by atoms with E-state index in [1.54, 1.807) is 14.2 Å². The van der Waals surface area contributed by atoms with E-state index in [-0.39, 0.29) is 12.1 Å². The number of rotatable bonds is 10. The van der Waals surface area contributed by atoms with Crippen LogP contribution in [0.1, 0.15) is 19.4 Å². The average molecular weight is 359 g/mol. The molecule has 2 N–H and O–H groups in total. The fraction of sp³-hybridized carbons (Fsp3) is 0.429. The third kappa shape index (κ3) is 6.58. The van der Waals surface area contributed by atoms with Crippen LogP contribution in [0.5, 0.6) is 17.2 Å². The highest BCUT2D eigenvalue weighted by molar-refractivity contribution is 5.31. The number of aliphatic hydroxyl groups excluding tert-OH is 1. The van der Waals surface area contributed by atoms with Crippen LogP contribution in [0, 0.1) is 0 Å². The summed E-state index contributed by atoms with van der Waals surface area (Å²) in [7, 11) is 3.29. The zero-order valence-corrected chi connectivity index (χ0v) is 16.0. The van der Waals surface area contributed by atoms with Gasteiger partial charge in [-0.05, 0) is 62.2 Å². The monoisotopic (exact) mass is 359 g/mol. The topological polar surface area (TPSA) is 60.0 Å². The van der Waals surface area contributed by atoms with Gasteiger partial charge in [-0.15, -0.1) is 0 Å². The third-order valence-corrected chi connectivity index (χ3v) is 4.12. The van der Waals surface area contributed by atoms with Crippen molar-refractivity contribution in [3.8, 4) is 17.2 Å². The first-order valence-corrected chi connectivity index (χ1v) is 8.75. The van der Waals surface area contributed by atoms with Gasteiger partial charge in [0.05, 0.1) is 14.2 Å². The second-order valence-corrected chi connectivity index (χ2v) is 6.93. The molecule has 0 heterocycles. The molecule has 0 bridgehead atoms. The van der Waals surface area contributed by atoms with Crippen molar-refractivity contribution in [2.75, 3.05) is 27.4 Å². The van der Waals surface area contributed by atoms with E-state index < -0.39 is 6.10 Å². The number of hydrogen-bond acceptors (Lipinski definition) is 5. The number of nitrogens with one attached hydrogen (secondary N) is 1. The van der Waals surface area contributed by atoms with E-state index in [4.69, 9.17) is 14.2 Å². The number of methoxy groups -OCH3 is 2. The molecule has 0 radical (unpaired) electrons. The first-order chi connectivity index (χ1) is 12.4. The Labute approximate surface area is 155 Å². The molecule has 2 rings (SSSR count). The van der Waals surface area contributed by atoms with Crippen LogP contribution in [0.3, 0.4) is 0 Å². The van der Waals surface area contributed by atoms with Crippen LogP contribution in [-0.2, 0) is 6.42 Å². The summed E-state index contributed by atoms with van der Waals surface area (Å²) in [5.74, 6) is 2.34. The highest BCUT2D eigenvalue weighted by atomic mass is 16.5. The van der Waals surface area contributed by atoms with Gasteiger partial charge in [0, 0.05) is 12.1 Å². The van der Waals surface area contributed by atoms with Gasteiger partial charge in [0.15, 0.2) is 0 Å². The maximum absolute atomic E-state index is 10.2. The molecule has 0 amide bonds. The normalized spacial score (nSPS) is 12.5. The smallest absolute Gasteiger partial charge is 0.119 e. The van der Waals surface area contributed by atoms with Gasteiger partial charge in [-0.2, -0.15) is 0 Å². The Balaban J connectivity index is 1.75. The average Bonchev–Trinajstić information content (AvgIpc) is 2.65. The molecule has 0 saturated carbocycles. The lowest BCUT2D eigenvalue weighted by atomic mass is 9.94.